The highest BCUT2D eigenvalue weighted by Crippen LogP contribution is 2.37. The Morgan fingerprint density at radius 2 is 1.90 bits per heavy atom. The number of urea groups is 1. The molecule has 1 fully saturated rings. The van der Waals surface area contributed by atoms with Gasteiger partial charge in [0.05, 0.1) is 17.8 Å². The van der Waals surface area contributed by atoms with E-state index in [9.17, 15) is 19.2 Å². The molecule has 5 amide bonds. The van der Waals surface area contributed by atoms with Crippen molar-refractivity contribution in [3.63, 3.8) is 0 Å². The number of nitrogens with one attached hydrogen (secondary N) is 1. The fraction of sp³-hybridized carbons (Fsp3) is 0.100. The molecule has 3 N–H and O–H groups in total. The third kappa shape index (κ3) is 4.86. The summed E-state index contributed by atoms with van der Waals surface area (Å²) < 4.78 is 11.2. The average Bonchev–Trinajstić information content (AvgIpc) is 2.71. The van der Waals surface area contributed by atoms with Gasteiger partial charge in [0, 0.05) is 4.47 Å². The number of anilines is 1. The van der Waals surface area contributed by atoms with E-state index in [1.54, 1.807) is 24.3 Å². The first kappa shape index (κ1) is 22.3. The van der Waals surface area contributed by atoms with Gasteiger partial charge in [-0.15, -0.1) is 0 Å². The Morgan fingerprint density at radius 1 is 1.23 bits per heavy atom. The number of benzene rings is 2. The molecule has 0 unspecified atom stereocenters. The van der Waals surface area contributed by atoms with Gasteiger partial charge in [-0.05, 0) is 48.0 Å². The molecule has 1 aliphatic rings. The number of methoxy groups -OCH3 is 1. The Morgan fingerprint density at radius 3 is 2.52 bits per heavy atom. The molecule has 31 heavy (non-hydrogen) atoms. The van der Waals surface area contributed by atoms with Crippen LogP contribution in [0.4, 0.5) is 10.5 Å². The first-order valence-corrected chi connectivity index (χ1v) is 9.84. The molecule has 1 heterocycles. The fourth-order valence-corrected chi connectivity index (χ4v) is 3.29. The van der Waals surface area contributed by atoms with E-state index in [4.69, 9.17) is 26.8 Å². The number of rotatable bonds is 6. The minimum atomic E-state index is -0.861. The number of imide groups is 2. The van der Waals surface area contributed by atoms with Crippen molar-refractivity contribution in [1.29, 1.82) is 0 Å². The molecule has 0 radical (unpaired) electrons. The van der Waals surface area contributed by atoms with Crippen molar-refractivity contribution in [2.75, 3.05) is 18.6 Å². The van der Waals surface area contributed by atoms with Gasteiger partial charge in [0.1, 0.15) is 5.57 Å². The number of ether oxygens (including phenoxy) is 2. The van der Waals surface area contributed by atoms with E-state index in [-0.39, 0.29) is 27.8 Å². The molecule has 0 atom stereocenters. The zero-order valence-electron chi connectivity index (χ0n) is 16.0. The van der Waals surface area contributed by atoms with Crippen LogP contribution < -0.4 is 25.4 Å². The Hall–Kier alpha value is -3.37. The van der Waals surface area contributed by atoms with E-state index >= 15 is 0 Å². The summed E-state index contributed by atoms with van der Waals surface area (Å²) in [5, 5.41) is 2.20. The van der Waals surface area contributed by atoms with Crippen molar-refractivity contribution >= 4 is 63.0 Å². The molecule has 11 heteroatoms. The molecule has 2 aromatic carbocycles. The molecule has 160 valence electrons. The predicted molar refractivity (Wildman–Crippen MR) is 116 cm³/mol. The summed E-state index contributed by atoms with van der Waals surface area (Å²) in [4.78, 5) is 49.4. The molecular weight excluding hydrogens is 494 g/mol. The van der Waals surface area contributed by atoms with Crippen LogP contribution >= 0.6 is 27.5 Å². The predicted octanol–water partition coefficient (Wildman–Crippen LogP) is 2.64. The molecule has 2 aromatic rings. The van der Waals surface area contributed by atoms with Crippen LogP contribution in [0.15, 0.2) is 46.4 Å². The molecule has 0 saturated carbocycles. The van der Waals surface area contributed by atoms with Gasteiger partial charge in [-0.1, -0.05) is 27.5 Å². The van der Waals surface area contributed by atoms with Crippen LogP contribution in [-0.2, 0) is 14.4 Å². The lowest BCUT2D eigenvalue weighted by Gasteiger charge is -2.26. The number of carbonyl (C=O) groups is 4. The topological polar surface area (TPSA) is 128 Å². The zero-order chi connectivity index (χ0) is 22.7. The van der Waals surface area contributed by atoms with Crippen molar-refractivity contribution in [2.45, 2.75) is 0 Å². The van der Waals surface area contributed by atoms with E-state index in [0.717, 1.165) is 9.37 Å². The van der Waals surface area contributed by atoms with E-state index in [2.05, 4.69) is 21.2 Å². The summed E-state index contributed by atoms with van der Waals surface area (Å²) >= 11 is 9.49. The SMILES string of the molecule is COc1cc(/C=C2\C(=O)NC(=O)N(c3ccc(Br)cc3)C2=O)cc(Cl)c1OCC(N)=O. The first-order valence-electron chi connectivity index (χ1n) is 8.67. The second kappa shape index (κ2) is 9.19. The van der Waals surface area contributed by atoms with Gasteiger partial charge >= 0.3 is 6.03 Å². The summed E-state index contributed by atoms with van der Waals surface area (Å²) in [6.07, 6.45) is 1.27. The second-order valence-electron chi connectivity index (χ2n) is 6.22. The quantitative estimate of drug-likeness (QED) is 0.456. The summed E-state index contributed by atoms with van der Waals surface area (Å²) in [6.45, 7) is -0.415. The van der Waals surface area contributed by atoms with Crippen molar-refractivity contribution in [1.82, 2.24) is 5.32 Å². The zero-order valence-corrected chi connectivity index (χ0v) is 18.3. The average molecular weight is 509 g/mol. The largest absolute Gasteiger partial charge is 0.493 e. The molecule has 0 bridgehead atoms. The summed E-state index contributed by atoms with van der Waals surface area (Å²) in [7, 11) is 1.35. The number of hydrogen-bond donors (Lipinski definition) is 2. The Kier molecular flexibility index (Phi) is 6.62. The molecule has 9 nitrogen and oxygen atoms in total. The Balaban J connectivity index is 1.99. The van der Waals surface area contributed by atoms with Gasteiger partial charge < -0.3 is 15.2 Å². The number of carbonyl (C=O) groups excluding carboxylic acids is 4. The Bertz CT molecular complexity index is 1120. The Labute approximate surface area is 189 Å². The van der Waals surface area contributed by atoms with E-state index in [1.165, 1.54) is 25.3 Å². The van der Waals surface area contributed by atoms with Crippen molar-refractivity contribution < 1.29 is 28.7 Å². The third-order valence-corrected chi connectivity index (χ3v) is 4.92. The van der Waals surface area contributed by atoms with Gasteiger partial charge in [-0.3, -0.25) is 19.7 Å². The number of barbiturate groups is 1. The number of primary amides is 1. The molecule has 1 saturated heterocycles. The minimum absolute atomic E-state index is 0.0666. The number of nitrogens with zero attached hydrogens (tertiary/aromatic N) is 1. The van der Waals surface area contributed by atoms with Gasteiger partial charge in [0.2, 0.25) is 0 Å². The lowest BCUT2D eigenvalue weighted by atomic mass is 10.1. The smallest absolute Gasteiger partial charge is 0.335 e. The van der Waals surface area contributed by atoms with Crippen LogP contribution in [0.5, 0.6) is 11.5 Å². The molecular formula is C20H15BrClN3O6. The second-order valence-corrected chi connectivity index (χ2v) is 7.55. The molecule has 0 aliphatic carbocycles. The van der Waals surface area contributed by atoms with Crippen LogP contribution in [0, 0.1) is 0 Å². The first-order chi connectivity index (χ1) is 14.7. The maximum Gasteiger partial charge on any atom is 0.335 e. The third-order valence-electron chi connectivity index (χ3n) is 4.11. The number of amides is 5. The molecule has 0 aromatic heterocycles. The van der Waals surface area contributed by atoms with E-state index in [1.807, 2.05) is 0 Å². The fourth-order valence-electron chi connectivity index (χ4n) is 2.76. The van der Waals surface area contributed by atoms with Gasteiger partial charge in [0.15, 0.2) is 18.1 Å². The lowest BCUT2D eigenvalue weighted by Crippen LogP contribution is -2.54. The maximum atomic E-state index is 12.9. The highest BCUT2D eigenvalue weighted by atomic mass is 79.9. The van der Waals surface area contributed by atoms with Crippen molar-refractivity contribution in [3.05, 3.63) is 57.0 Å². The lowest BCUT2D eigenvalue weighted by molar-refractivity contribution is -0.123. The minimum Gasteiger partial charge on any atom is -0.493 e. The maximum absolute atomic E-state index is 12.9. The van der Waals surface area contributed by atoms with Gasteiger partial charge in [0.25, 0.3) is 17.7 Å². The summed E-state index contributed by atoms with van der Waals surface area (Å²) in [5.74, 6) is -2.12. The van der Waals surface area contributed by atoms with E-state index in [0.29, 0.717) is 5.56 Å². The molecule has 1 aliphatic heterocycles. The molecule has 0 spiro atoms. The van der Waals surface area contributed by atoms with Crippen LogP contribution in [-0.4, -0.2) is 37.5 Å². The van der Waals surface area contributed by atoms with E-state index < -0.39 is 30.4 Å². The highest BCUT2D eigenvalue weighted by molar-refractivity contribution is 9.10. The van der Waals surface area contributed by atoms with Crippen LogP contribution in [0.1, 0.15) is 5.56 Å². The van der Waals surface area contributed by atoms with Gasteiger partial charge in [-0.2, -0.15) is 0 Å². The summed E-state index contributed by atoms with van der Waals surface area (Å²) in [6, 6.07) is 8.43. The number of hydrogen-bond acceptors (Lipinski definition) is 6. The summed E-state index contributed by atoms with van der Waals surface area (Å²) in [5.41, 5.74) is 5.40. The van der Waals surface area contributed by atoms with Crippen LogP contribution in [0.25, 0.3) is 6.08 Å². The normalized spacial score (nSPS) is 15.1. The van der Waals surface area contributed by atoms with Crippen molar-refractivity contribution in [2.24, 2.45) is 5.73 Å². The highest BCUT2D eigenvalue weighted by Gasteiger charge is 2.36. The van der Waals surface area contributed by atoms with Crippen molar-refractivity contribution in [3.8, 4) is 11.5 Å². The van der Waals surface area contributed by atoms with Gasteiger partial charge in [-0.25, -0.2) is 9.69 Å². The van der Waals surface area contributed by atoms with Crippen LogP contribution in [0.2, 0.25) is 5.02 Å². The van der Waals surface area contributed by atoms with Crippen LogP contribution in [0.3, 0.4) is 0 Å². The standard InChI is InChI=1S/C20H15BrClN3O6/c1-30-15-8-10(7-14(22)17(15)31-9-16(23)26)6-13-18(27)24-20(29)25(19(13)28)12-4-2-11(21)3-5-12/h2-8H,9H2,1H3,(H2,23,26)(H,24,27,29)/b13-6+. The number of halogens is 2. The number of nitrogens with two attached hydrogens (primary N) is 1. The molecule has 3 rings (SSSR count). The monoisotopic (exact) mass is 507 g/mol.